The van der Waals surface area contributed by atoms with Gasteiger partial charge in [0.25, 0.3) is 0 Å². The van der Waals surface area contributed by atoms with E-state index in [9.17, 15) is 4.79 Å². The second-order valence-corrected chi connectivity index (χ2v) is 8.45. The second kappa shape index (κ2) is 7.06. The minimum absolute atomic E-state index is 0.135. The number of rotatable bonds is 5. The summed E-state index contributed by atoms with van der Waals surface area (Å²) in [4.78, 5) is 22.0. The van der Waals surface area contributed by atoms with E-state index in [1.165, 1.54) is 23.1 Å². The molecule has 1 aromatic carbocycles. The highest BCUT2D eigenvalue weighted by molar-refractivity contribution is 8.00. The van der Waals surface area contributed by atoms with E-state index in [0.29, 0.717) is 16.5 Å². The molecule has 2 heterocycles. The third kappa shape index (κ3) is 3.43. The van der Waals surface area contributed by atoms with Gasteiger partial charge in [-0.15, -0.1) is 11.3 Å². The molecule has 26 heavy (non-hydrogen) atoms. The van der Waals surface area contributed by atoms with Crippen molar-refractivity contribution in [2.75, 3.05) is 5.32 Å². The monoisotopic (exact) mass is 380 g/mol. The van der Waals surface area contributed by atoms with Gasteiger partial charge >= 0.3 is 0 Å². The van der Waals surface area contributed by atoms with E-state index < -0.39 is 0 Å². The van der Waals surface area contributed by atoms with Gasteiger partial charge in [0.1, 0.15) is 21.9 Å². The molecule has 2 aromatic heterocycles. The zero-order valence-corrected chi connectivity index (χ0v) is 15.7. The van der Waals surface area contributed by atoms with Crippen molar-refractivity contribution in [2.45, 2.75) is 36.0 Å². The number of hydrogen-bond donors (Lipinski definition) is 1. The zero-order chi connectivity index (χ0) is 18.1. The van der Waals surface area contributed by atoms with Crippen molar-refractivity contribution in [1.82, 2.24) is 9.97 Å². The minimum atomic E-state index is -0.339. The fourth-order valence-corrected chi connectivity index (χ4v) is 4.29. The zero-order valence-electron chi connectivity index (χ0n) is 14.1. The summed E-state index contributed by atoms with van der Waals surface area (Å²) in [5, 5.41) is 15.8. The Labute approximate surface area is 159 Å². The van der Waals surface area contributed by atoms with Crippen LogP contribution in [-0.2, 0) is 4.79 Å². The van der Waals surface area contributed by atoms with Gasteiger partial charge in [-0.2, -0.15) is 5.26 Å². The number of aromatic nitrogens is 2. The van der Waals surface area contributed by atoms with Crippen LogP contribution in [0, 0.1) is 11.3 Å². The summed E-state index contributed by atoms with van der Waals surface area (Å²) in [5.41, 5.74) is 1.41. The highest BCUT2D eigenvalue weighted by Crippen LogP contribution is 2.40. The minimum Gasteiger partial charge on any atom is -0.316 e. The summed E-state index contributed by atoms with van der Waals surface area (Å²) < 4.78 is 0. The Morgan fingerprint density at radius 2 is 2.15 bits per heavy atom. The number of carbonyl (C=O) groups is 1. The molecule has 0 radical (unpaired) electrons. The third-order valence-electron chi connectivity index (χ3n) is 4.21. The predicted octanol–water partition coefficient (Wildman–Crippen LogP) is 4.56. The lowest BCUT2D eigenvalue weighted by atomic mass is 10.2. The van der Waals surface area contributed by atoms with Crippen LogP contribution in [0.3, 0.4) is 0 Å². The molecule has 0 aliphatic heterocycles. The standard InChI is InChI=1S/C19H16N4OS2/c1-11(17(24)23-18-13(10-20)8-9-25-18)26-19-14-4-2-3-5-15(14)21-16(22-19)12-6-7-12/h2-5,8-9,11-12H,6-7H2,1H3,(H,23,24). The Bertz CT molecular complexity index is 1020. The molecule has 5 nitrogen and oxygen atoms in total. The van der Waals surface area contributed by atoms with Crippen molar-refractivity contribution in [3.8, 4) is 6.07 Å². The molecule has 7 heteroatoms. The lowest BCUT2D eigenvalue weighted by Crippen LogP contribution is -2.22. The van der Waals surface area contributed by atoms with E-state index in [1.54, 1.807) is 11.4 Å². The molecule has 1 aliphatic rings. The maximum atomic E-state index is 12.6. The summed E-state index contributed by atoms with van der Waals surface area (Å²) >= 11 is 2.79. The van der Waals surface area contributed by atoms with E-state index >= 15 is 0 Å². The van der Waals surface area contributed by atoms with Crippen LogP contribution in [0.1, 0.15) is 37.1 Å². The molecule has 0 spiro atoms. The number of anilines is 1. The van der Waals surface area contributed by atoms with Gasteiger partial charge in [-0.1, -0.05) is 30.0 Å². The van der Waals surface area contributed by atoms with Crippen molar-refractivity contribution in [3.63, 3.8) is 0 Å². The largest absolute Gasteiger partial charge is 0.316 e. The van der Waals surface area contributed by atoms with E-state index in [0.717, 1.165) is 34.6 Å². The van der Waals surface area contributed by atoms with Crippen LogP contribution in [0.5, 0.6) is 0 Å². The maximum Gasteiger partial charge on any atom is 0.238 e. The molecule has 1 aliphatic carbocycles. The van der Waals surface area contributed by atoms with E-state index in [4.69, 9.17) is 10.2 Å². The highest BCUT2D eigenvalue weighted by atomic mass is 32.2. The molecule has 130 valence electrons. The number of fused-ring (bicyclic) bond motifs is 1. The molecule has 1 atom stereocenters. The molecule has 1 amide bonds. The predicted molar refractivity (Wildman–Crippen MR) is 104 cm³/mol. The first-order valence-electron chi connectivity index (χ1n) is 8.37. The molecular weight excluding hydrogens is 364 g/mol. The average Bonchev–Trinajstić information content (AvgIpc) is 3.41. The number of carbonyl (C=O) groups excluding carboxylic acids is 1. The van der Waals surface area contributed by atoms with Crippen LogP contribution >= 0.6 is 23.1 Å². The van der Waals surface area contributed by atoms with Gasteiger partial charge in [-0.05, 0) is 37.3 Å². The van der Waals surface area contributed by atoms with Gasteiger partial charge in [-0.3, -0.25) is 4.79 Å². The second-order valence-electron chi connectivity index (χ2n) is 6.20. The quantitative estimate of drug-likeness (QED) is 0.518. The number of para-hydroxylation sites is 1. The first kappa shape index (κ1) is 17.0. The number of benzene rings is 1. The van der Waals surface area contributed by atoms with Crippen LogP contribution in [0.2, 0.25) is 0 Å². The van der Waals surface area contributed by atoms with E-state index in [2.05, 4.69) is 16.4 Å². The maximum absolute atomic E-state index is 12.6. The van der Waals surface area contributed by atoms with Gasteiger partial charge in [0.05, 0.1) is 16.3 Å². The van der Waals surface area contributed by atoms with Crippen LogP contribution in [0.25, 0.3) is 10.9 Å². The number of thiophene rings is 1. The Morgan fingerprint density at radius 1 is 1.35 bits per heavy atom. The third-order valence-corrected chi connectivity index (χ3v) is 6.14. The lowest BCUT2D eigenvalue weighted by molar-refractivity contribution is -0.115. The first-order valence-corrected chi connectivity index (χ1v) is 10.1. The van der Waals surface area contributed by atoms with Gasteiger partial charge in [0, 0.05) is 11.3 Å². The number of nitriles is 1. The topological polar surface area (TPSA) is 78.7 Å². The van der Waals surface area contributed by atoms with Crippen molar-refractivity contribution >= 4 is 44.9 Å². The van der Waals surface area contributed by atoms with E-state index in [-0.39, 0.29) is 11.2 Å². The highest BCUT2D eigenvalue weighted by Gasteiger charge is 2.28. The molecule has 0 bridgehead atoms. The van der Waals surface area contributed by atoms with E-state index in [1.807, 2.05) is 31.2 Å². The number of hydrogen-bond acceptors (Lipinski definition) is 6. The van der Waals surface area contributed by atoms with Crippen molar-refractivity contribution in [3.05, 3.63) is 47.1 Å². The van der Waals surface area contributed by atoms with Gasteiger partial charge in [0.15, 0.2) is 0 Å². The normalized spacial score (nSPS) is 14.8. The fraction of sp³-hybridized carbons (Fsp3) is 0.263. The van der Waals surface area contributed by atoms with Crippen LogP contribution in [0.15, 0.2) is 40.7 Å². The van der Waals surface area contributed by atoms with Crippen molar-refractivity contribution < 1.29 is 4.79 Å². The van der Waals surface area contributed by atoms with Crippen LogP contribution in [-0.4, -0.2) is 21.1 Å². The summed E-state index contributed by atoms with van der Waals surface area (Å²) in [6.07, 6.45) is 2.27. The van der Waals surface area contributed by atoms with Crippen LogP contribution in [0.4, 0.5) is 5.00 Å². The average molecular weight is 380 g/mol. The number of nitrogens with zero attached hydrogens (tertiary/aromatic N) is 3. The summed E-state index contributed by atoms with van der Waals surface area (Å²) in [6, 6.07) is 11.7. The van der Waals surface area contributed by atoms with Gasteiger partial charge < -0.3 is 5.32 Å². The number of nitrogens with one attached hydrogen (secondary N) is 1. The molecule has 0 saturated heterocycles. The molecule has 1 unspecified atom stereocenters. The van der Waals surface area contributed by atoms with Crippen molar-refractivity contribution in [2.24, 2.45) is 0 Å². The van der Waals surface area contributed by atoms with Gasteiger partial charge in [0.2, 0.25) is 5.91 Å². The molecule has 1 fully saturated rings. The number of thioether (sulfide) groups is 1. The Balaban J connectivity index is 1.58. The molecule has 1 N–H and O–H groups in total. The SMILES string of the molecule is CC(Sc1nc(C2CC2)nc2ccccc12)C(=O)Nc1sccc1C#N. The summed E-state index contributed by atoms with van der Waals surface area (Å²) in [5.74, 6) is 1.20. The molecular formula is C19H16N4OS2. The van der Waals surface area contributed by atoms with Crippen molar-refractivity contribution in [1.29, 1.82) is 5.26 Å². The Hall–Kier alpha value is -2.43. The molecule has 1 saturated carbocycles. The molecule has 4 rings (SSSR count). The summed E-state index contributed by atoms with van der Waals surface area (Å²) in [6.45, 7) is 1.85. The van der Waals surface area contributed by atoms with Crippen LogP contribution < -0.4 is 5.32 Å². The summed E-state index contributed by atoms with van der Waals surface area (Å²) in [7, 11) is 0. The van der Waals surface area contributed by atoms with Gasteiger partial charge in [-0.25, -0.2) is 9.97 Å². The first-order chi connectivity index (χ1) is 12.7. The smallest absolute Gasteiger partial charge is 0.238 e. The fourth-order valence-electron chi connectivity index (χ4n) is 2.61. The number of amides is 1. The Kier molecular flexibility index (Phi) is 4.62. The molecule has 3 aromatic rings. The Morgan fingerprint density at radius 3 is 2.92 bits per heavy atom. The lowest BCUT2D eigenvalue weighted by Gasteiger charge is -2.13.